The maximum absolute atomic E-state index is 11.9. The largest absolute Gasteiger partial charge is 0.465 e. The van der Waals surface area contributed by atoms with Crippen LogP contribution in [0, 0.1) is 5.92 Å². The number of hydrogen-bond donors (Lipinski definition) is 0. The Hall–Kier alpha value is -0.830. The van der Waals surface area contributed by atoms with E-state index in [2.05, 4.69) is 13.0 Å². The standard InChI is InChI=1S/C13H20O3/c1-4-5-8-15-11(14)10-9-12(2)6-7-13(10,3)16-12/h6-7,10H,4-5,8-9H2,1-3H3/t10-,12?,13?/m0/s1. The second-order valence-electron chi connectivity index (χ2n) is 5.21. The van der Waals surface area contributed by atoms with E-state index in [1.165, 1.54) is 0 Å². The van der Waals surface area contributed by atoms with Gasteiger partial charge in [-0.3, -0.25) is 4.79 Å². The van der Waals surface area contributed by atoms with Crippen molar-refractivity contribution < 1.29 is 14.3 Å². The average Bonchev–Trinajstić information content (AvgIpc) is 2.66. The van der Waals surface area contributed by atoms with Gasteiger partial charge in [0.1, 0.15) is 0 Å². The van der Waals surface area contributed by atoms with Crippen LogP contribution in [0.3, 0.4) is 0 Å². The molecule has 2 rings (SSSR count). The highest BCUT2D eigenvalue weighted by Crippen LogP contribution is 2.49. The third kappa shape index (κ3) is 1.88. The molecule has 2 aliphatic rings. The third-order valence-corrected chi connectivity index (χ3v) is 3.55. The highest BCUT2D eigenvalue weighted by molar-refractivity contribution is 5.75. The molecule has 1 fully saturated rings. The summed E-state index contributed by atoms with van der Waals surface area (Å²) in [7, 11) is 0. The van der Waals surface area contributed by atoms with Gasteiger partial charge in [-0.05, 0) is 26.7 Å². The maximum Gasteiger partial charge on any atom is 0.312 e. The van der Waals surface area contributed by atoms with E-state index < -0.39 is 5.60 Å². The molecule has 2 heterocycles. The van der Waals surface area contributed by atoms with E-state index in [1.807, 2.05) is 19.9 Å². The number of unbranched alkanes of at least 4 members (excludes halogenated alkanes) is 1. The fraction of sp³-hybridized carbons (Fsp3) is 0.769. The van der Waals surface area contributed by atoms with Gasteiger partial charge in [0, 0.05) is 0 Å². The van der Waals surface area contributed by atoms with Crippen molar-refractivity contribution in [2.24, 2.45) is 5.92 Å². The summed E-state index contributed by atoms with van der Waals surface area (Å²) >= 11 is 0. The second-order valence-corrected chi connectivity index (χ2v) is 5.21. The molecule has 2 aliphatic heterocycles. The minimum absolute atomic E-state index is 0.107. The number of carbonyl (C=O) groups excluding carboxylic acids is 1. The highest BCUT2D eigenvalue weighted by Gasteiger charge is 2.56. The summed E-state index contributed by atoms with van der Waals surface area (Å²) < 4.78 is 11.2. The molecule has 3 atom stereocenters. The maximum atomic E-state index is 11.9. The van der Waals surface area contributed by atoms with Gasteiger partial charge in [0.2, 0.25) is 0 Å². The summed E-state index contributed by atoms with van der Waals surface area (Å²) in [5, 5.41) is 0. The number of fused-ring (bicyclic) bond motifs is 2. The first kappa shape index (κ1) is 11.6. The van der Waals surface area contributed by atoms with Gasteiger partial charge in [0.25, 0.3) is 0 Å². The van der Waals surface area contributed by atoms with Crippen LogP contribution in [0.15, 0.2) is 12.2 Å². The van der Waals surface area contributed by atoms with E-state index in [1.54, 1.807) is 0 Å². The van der Waals surface area contributed by atoms with Crippen molar-refractivity contribution in [3.05, 3.63) is 12.2 Å². The molecule has 0 N–H and O–H groups in total. The van der Waals surface area contributed by atoms with Gasteiger partial charge in [0.15, 0.2) is 0 Å². The zero-order chi connectivity index (χ0) is 11.8. The quantitative estimate of drug-likeness (QED) is 0.418. The first-order valence-electron chi connectivity index (χ1n) is 6.06. The highest BCUT2D eigenvalue weighted by atomic mass is 16.6. The second kappa shape index (κ2) is 3.88. The summed E-state index contributed by atoms with van der Waals surface area (Å²) in [4.78, 5) is 11.9. The van der Waals surface area contributed by atoms with E-state index in [9.17, 15) is 4.79 Å². The van der Waals surface area contributed by atoms with E-state index in [-0.39, 0.29) is 17.5 Å². The topological polar surface area (TPSA) is 35.5 Å². The number of hydrogen-bond acceptors (Lipinski definition) is 3. The number of carbonyl (C=O) groups is 1. The molecule has 0 aromatic heterocycles. The van der Waals surface area contributed by atoms with Gasteiger partial charge in [-0.25, -0.2) is 0 Å². The molecule has 1 saturated heterocycles. The average molecular weight is 224 g/mol. The summed E-state index contributed by atoms with van der Waals surface area (Å²) in [6.07, 6.45) is 6.78. The molecule has 0 radical (unpaired) electrons. The van der Waals surface area contributed by atoms with Crippen LogP contribution in [0.25, 0.3) is 0 Å². The van der Waals surface area contributed by atoms with Crippen LogP contribution in [-0.4, -0.2) is 23.8 Å². The SMILES string of the molecule is CCCCOC(=O)[C@@H]1CC2(C)C=CC1(C)O2. The molecule has 0 spiro atoms. The molecule has 3 nitrogen and oxygen atoms in total. The van der Waals surface area contributed by atoms with Gasteiger partial charge >= 0.3 is 5.97 Å². The first-order valence-corrected chi connectivity index (χ1v) is 6.06. The number of rotatable bonds is 4. The molecule has 2 bridgehead atoms. The van der Waals surface area contributed by atoms with Crippen molar-refractivity contribution in [2.75, 3.05) is 6.61 Å². The molecule has 2 unspecified atom stereocenters. The lowest BCUT2D eigenvalue weighted by Crippen LogP contribution is -2.35. The smallest absolute Gasteiger partial charge is 0.312 e. The van der Waals surface area contributed by atoms with Crippen molar-refractivity contribution in [3.8, 4) is 0 Å². The zero-order valence-corrected chi connectivity index (χ0v) is 10.3. The summed E-state index contributed by atoms with van der Waals surface area (Å²) in [6.45, 7) is 6.60. The van der Waals surface area contributed by atoms with E-state index in [4.69, 9.17) is 9.47 Å². The van der Waals surface area contributed by atoms with Gasteiger partial charge < -0.3 is 9.47 Å². The first-order chi connectivity index (χ1) is 7.49. The van der Waals surface area contributed by atoms with Crippen molar-refractivity contribution >= 4 is 5.97 Å². The van der Waals surface area contributed by atoms with Crippen LogP contribution in [0.1, 0.15) is 40.0 Å². The van der Waals surface area contributed by atoms with Crippen LogP contribution >= 0.6 is 0 Å². The molecule has 0 aliphatic carbocycles. The Morgan fingerprint density at radius 1 is 1.50 bits per heavy atom. The lowest BCUT2D eigenvalue weighted by Gasteiger charge is -2.24. The van der Waals surface area contributed by atoms with E-state index >= 15 is 0 Å². The molecule has 0 amide bonds. The van der Waals surface area contributed by atoms with E-state index in [0.717, 1.165) is 19.3 Å². The zero-order valence-electron chi connectivity index (χ0n) is 10.3. The van der Waals surface area contributed by atoms with Crippen molar-refractivity contribution in [1.82, 2.24) is 0 Å². The summed E-state index contributed by atoms with van der Waals surface area (Å²) in [5.41, 5.74) is -0.707. The predicted octanol–water partition coefficient (Wildman–Crippen LogP) is 2.45. The predicted molar refractivity (Wildman–Crippen MR) is 61.0 cm³/mol. The molecule has 0 saturated carbocycles. The Kier molecular flexibility index (Phi) is 2.82. The molecule has 90 valence electrons. The normalized spacial score (nSPS) is 40.3. The van der Waals surface area contributed by atoms with Crippen molar-refractivity contribution in [3.63, 3.8) is 0 Å². The van der Waals surface area contributed by atoms with Crippen LogP contribution in [0.2, 0.25) is 0 Å². The fourth-order valence-electron chi connectivity index (χ4n) is 2.55. The summed E-state index contributed by atoms with van der Waals surface area (Å²) in [5.74, 6) is -0.247. The van der Waals surface area contributed by atoms with Gasteiger partial charge in [0.05, 0.1) is 23.7 Å². The van der Waals surface area contributed by atoms with Gasteiger partial charge in [-0.15, -0.1) is 0 Å². The molecule has 0 aromatic rings. The van der Waals surface area contributed by atoms with Crippen LogP contribution in [0.5, 0.6) is 0 Å². The fourth-order valence-corrected chi connectivity index (χ4v) is 2.55. The number of ether oxygens (including phenoxy) is 2. The molecule has 0 aromatic carbocycles. The summed E-state index contributed by atoms with van der Waals surface area (Å²) in [6, 6.07) is 0. The van der Waals surface area contributed by atoms with Crippen LogP contribution in [0.4, 0.5) is 0 Å². The van der Waals surface area contributed by atoms with Gasteiger partial charge in [-0.1, -0.05) is 25.5 Å². The minimum atomic E-state index is -0.446. The molecule has 16 heavy (non-hydrogen) atoms. The Morgan fingerprint density at radius 2 is 2.25 bits per heavy atom. The molecule has 3 heteroatoms. The Labute approximate surface area is 96.8 Å². The Bertz CT molecular complexity index is 323. The van der Waals surface area contributed by atoms with Crippen molar-refractivity contribution in [1.29, 1.82) is 0 Å². The monoisotopic (exact) mass is 224 g/mol. The lowest BCUT2D eigenvalue weighted by atomic mass is 9.80. The Morgan fingerprint density at radius 3 is 2.75 bits per heavy atom. The number of esters is 1. The Balaban J connectivity index is 1.97. The molecular weight excluding hydrogens is 204 g/mol. The lowest BCUT2D eigenvalue weighted by molar-refractivity contribution is -0.152. The van der Waals surface area contributed by atoms with E-state index in [0.29, 0.717) is 6.61 Å². The molecular formula is C13H20O3. The van der Waals surface area contributed by atoms with Crippen LogP contribution < -0.4 is 0 Å². The third-order valence-electron chi connectivity index (χ3n) is 3.55. The van der Waals surface area contributed by atoms with Crippen molar-refractivity contribution in [2.45, 2.75) is 51.2 Å². The minimum Gasteiger partial charge on any atom is -0.465 e. The van der Waals surface area contributed by atoms with Gasteiger partial charge in [-0.2, -0.15) is 0 Å². The van der Waals surface area contributed by atoms with Crippen LogP contribution in [-0.2, 0) is 14.3 Å².